The largest absolute Gasteiger partial charge is 0.317 e. The average molecular weight is 255 g/mol. The van der Waals surface area contributed by atoms with Crippen molar-refractivity contribution in [1.29, 1.82) is 0 Å². The molecule has 0 aromatic heterocycles. The van der Waals surface area contributed by atoms with Gasteiger partial charge in [-0.05, 0) is 58.3 Å². The summed E-state index contributed by atoms with van der Waals surface area (Å²) in [4.78, 5) is 2.60. The molecular formula is C11H24Cl2N2. The predicted octanol–water partition coefficient (Wildman–Crippen LogP) is 2.31. The number of likely N-dealkylation sites (tertiary alicyclic amines) is 1. The Labute approximate surface area is 106 Å². The van der Waals surface area contributed by atoms with Crippen molar-refractivity contribution in [3.63, 3.8) is 0 Å². The zero-order valence-corrected chi connectivity index (χ0v) is 11.2. The lowest BCUT2D eigenvalue weighted by Gasteiger charge is -2.39. The van der Waals surface area contributed by atoms with Gasteiger partial charge in [0.25, 0.3) is 0 Å². The lowest BCUT2D eigenvalue weighted by atomic mass is 9.84. The van der Waals surface area contributed by atoms with Crippen LogP contribution in [0.1, 0.15) is 32.1 Å². The van der Waals surface area contributed by atoms with Crippen LogP contribution in [0.4, 0.5) is 0 Å². The highest BCUT2D eigenvalue weighted by Gasteiger charge is 2.28. The third-order valence-electron chi connectivity index (χ3n) is 3.75. The van der Waals surface area contributed by atoms with Crippen molar-refractivity contribution >= 4 is 24.8 Å². The van der Waals surface area contributed by atoms with Gasteiger partial charge in [-0.3, -0.25) is 0 Å². The quantitative estimate of drug-likeness (QED) is 0.773. The van der Waals surface area contributed by atoms with Crippen molar-refractivity contribution in [2.75, 3.05) is 26.7 Å². The predicted molar refractivity (Wildman–Crippen MR) is 70.4 cm³/mol. The minimum absolute atomic E-state index is 0. The third-order valence-corrected chi connectivity index (χ3v) is 3.75. The molecule has 4 heteroatoms. The molecule has 0 amide bonds. The Kier molecular flexibility index (Phi) is 7.98. The van der Waals surface area contributed by atoms with Crippen LogP contribution in [0, 0.1) is 5.92 Å². The summed E-state index contributed by atoms with van der Waals surface area (Å²) in [7, 11) is 2.31. The van der Waals surface area contributed by atoms with E-state index in [1.54, 1.807) is 0 Å². The van der Waals surface area contributed by atoms with Gasteiger partial charge in [0.15, 0.2) is 0 Å². The van der Waals surface area contributed by atoms with E-state index < -0.39 is 0 Å². The van der Waals surface area contributed by atoms with Crippen LogP contribution in [0.2, 0.25) is 0 Å². The van der Waals surface area contributed by atoms with Crippen LogP contribution in [0.25, 0.3) is 0 Å². The van der Waals surface area contributed by atoms with Gasteiger partial charge in [-0.2, -0.15) is 0 Å². The second-order valence-corrected chi connectivity index (χ2v) is 4.63. The molecule has 0 spiro atoms. The molecule has 92 valence electrons. The van der Waals surface area contributed by atoms with Gasteiger partial charge in [0, 0.05) is 6.04 Å². The smallest absolute Gasteiger partial charge is 0.0121 e. The molecule has 2 heterocycles. The van der Waals surface area contributed by atoms with Crippen molar-refractivity contribution in [2.45, 2.75) is 38.1 Å². The monoisotopic (exact) mass is 254 g/mol. The van der Waals surface area contributed by atoms with Crippen LogP contribution in [0.3, 0.4) is 0 Å². The van der Waals surface area contributed by atoms with E-state index in [1.807, 2.05) is 0 Å². The molecule has 2 nitrogen and oxygen atoms in total. The lowest BCUT2D eigenvalue weighted by Crippen LogP contribution is -2.45. The van der Waals surface area contributed by atoms with Crippen molar-refractivity contribution in [2.24, 2.45) is 5.92 Å². The molecular weight excluding hydrogens is 231 g/mol. The van der Waals surface area contributed by atoms with E-state index in [0.29, 0.717) is 0 Å². The van der Waals surface area contributed by atoms with Gasteiger partial charge in [0.1, 0.15) is 0 Å². The van der Waals surface area contributed by atoms with Crippen molar-refractivity contribution < 1.29 is 0 Å². The molecule has 0 aromatic carbocycles. The Bertz CT molecular complexity index is 161. The first kappa shape index (κ1) is 15.5. The van der Waals surface area contributed by atoms with E-state index in [-0.39, 0.29) is 24.8 Å². The first-order valence-electron chi connectivity index (χ1n) is 5.79. The van der Waals surface area contributed by atoms with Crippen LogP contribution < -0.4 is 5.32 Å². The SMILES string of the molecule is CN1CCCCC1C1CCNCC1.Cl.Cl. The molecule has 2 saturated heterocycles. The zero-order chi connectivity index (χ0) is 9.10. The molecule has 1 unspecified atom stereocenters. The summed E-state index contributed by atoms with van der Waals surface area (Å²) in [6, 6.07) is 0.899. The maximum Gasteiger partial charge on any atom is 0.0121 e. The van der Waals surface area contributed by atoms with Crippen LogP contribution in [0.5, 0.6) is 0 Å². The van der Waals surface area contributed by atoms with Crippen LogP contribution >= 0.6 is 24.8 Å². The van der Waals surface area contributed by atoms with Crippen molar-refractivity contribution in [3.8, 4) is 0 Å². The summed E-state index contributed by atoms with van der Waals surface area (Å²) in [5, 5.41) is 3.45. The summed E-state index contributed by atoms with van der Waals surface area (Å²) in [5.41, 5.74) is 0. The van der Waals surface area contributed by atoms with E-state index in [1.165, 1.54) is 51.7 Å². The summed E-state index contributed by atoms with van der Waals surface area (Å²) in [6.07, 6.45) is 7.11. The Balaban J connectivity index is 0.000000980. The van der Waals surface area contributed by atoms with Gasteiger partial charge >= 0.3 is 0 Å². The minimum atomic E-state index is 0. The molecule has 0 radical (unpaired) electrons. The van der Waals surface area contributed by atoms with Gasteiger partial charge in [-0.15, -0.1) is 24.8 Å². The first-order chi connectivity index (χ1) is 6.38. The van der Waals surface area contributed by atoms with Crippen LogP contribution in [0.15, 0.2) is 0 Å². The first-order valence-corrected chi connectivity index (χ1v) is 5.79. The van der Waals surface area contributed by atoms with Gasteiger partial charge in [-0.25, -0.2) is 0 Å². The molecule has 0 aromatic rings. The fourth-order valence-electron chi connectivity index (χ4n) is 2.93. The molecule has 15 heavy (non-hydrogen) atoms. The van der Waals surface area contributed by atoms with Gasteiger partial charge in [0.05, 0.1) is 0 Å². The number of piperidine rings is 2. The Morgan fingerprint density at radius 1 is 1.00 bits per heavy atom. The minimum Gasteiger partial charge on any atom is -0.317 e. The summed E-state index contributed by atoms with van der Waals surface area (Å²) < 4.78 is 0. The molecule has 1 N–H and O–H groups in total. The number of hydrogen-bond donors (Lipinski definition) is 1. The molecule has 2 rings (SSSR count). The average Bonchev–Trinajstić information content (AvgIpc) is 2.20. The zero-order valence-electron chi connectivity index (χ0n) is 9.58. The van der Waals surface area contributed by atoms with Crippen LogP contribution in [-0.4, -0.2) is 37.6 Å². The highest BCUT2D eigenvalue weighted by Crippen LogP contribution is 2.27. The number of nitrogens with zero attached hydrogens (tertiary/aromatic N) is 1. The highest BCUT2D eigenvalue weighted by molar-refractivity contribution is 5.85. The third kappa shape index (κ3) is 4.10. The number of nitrogens with one attached hydrogen (secondary N) is 1. The standard InChI is InChI=1S/C11H22N2.2ClH/c1-13-9-3-2-4-11(13)10-5-7-12-8-6-10;;/h10-12H,2-9H2,1H3;2*1H. The Morgan fingerprint density at radius 2 is 1.67 bits per heavy atom. The molecule has 0 saturated carbocycles. The van der Waals surface area contributed by atoms with Gasteiger partial charge in [0.2, 0.25) is 0 Å². The summed E-state index contributed by atoms with van der Waals surface area (Å²) in [6.45, 7) is 3.82. The van der Waals surface area contributed by atoms with E-state index >= 15 is 0 Å². The Hall–Kier alpha value is 0.500. The normalized spacial score (nSPS) is 29.0. The highest BCUT2D eigenvalue weighted by atomic mass is 35.5. The molecule has 1 atom stereocenters. The van der Waals surface area contributed by atoms with E-state index in [2.05, 4.69) is 17.3 Å². The number of hydrogen-bond acceptors (Lipinski definition) is 2. The number of halogens is 2. The second-order valence-electron chi connectivity index (χ2n) is 4.63. The van der Waals surface area contributed by atoms with Gasteiger partial charge < -0.3 is 10.2 Å². The van der Waals surface area contributed by atoms with E-state index in [0.717, 1.165) is 12.0 Å². The van der Waals surface area contributed by atoms with Gasteiger partial charge in [-0.1, -0.05) is 6.42 Å². The molecule has 2 fully saturated rings. The second kappa shape index (κ2) is 7.72. The fraction of sp³-hybridized carbons (Fsp3) is 1.00. The van der Waals surface area contributed by atoms with Crippen LogP contribution in [-0.2, 0) is 0 Å². The maximum absolute atomic E-state index is 3.45. The van der Waals surface area contributed by atoms with Crippen molar-refractivity contribution in [1.82, 2.24) is 10.2 Å². The van der Waals surface area contributed by atoms with Crippen molar-refractivity contribution in [3.05, 3.63) is 0 Å². The maximum atomic E-state index is 3.45. The number of rotatable bonds is 1. The fourth-order valence-corrected chi connectivity index (χ4v) is 2.93. The molecule has 2 aliphatic heterocycles. The molecule has 2 aliphatic rings. The Morgan fingerprint density at radius 3 is 2.27 bits per heavy atom. The topological polar surface area (TPSA) is 15.3 Å². The summed E-state index contributed by atoms with van der Waals surface area (Å²) in [5.74, 6) is 0.978. The molecule has 0 aliphatic carbocycles. The molecule has 0 bridgehead atoms. The van der Waals surface area contributed by atoms with E-state index in [9.17, 15) is 0 Å². The summed E-state index contributed by atoms with van der Waals surface area (Å²) >= 11 is 0. The van der Waals surface area contributed by atoms with E-state index in [4.69, 9.17) is 0 Å². The lowest BCUT2D eigenvalue weighted by molar-refractivity contribution is 0.110.